The molecular weight excluding hydrogens is 306 g/mol. The average molecular weight is 325 g/mol. The Labute approximate surface area is 132 Å². The molecule has 2 rings (SSSR count). The first-order valence-corrected chi connectivity index (χ1v) is 7.20. The number of aliphatic hydroxyl groups is 1. The smallest absolute Gasteiger partial charge is 0.400 e. The van der Waals surface area contributed by atoms with Crippen LogP contribution in [0.25, 0.3) is 0 Å². The van der Waals surface area contributed by atoms with E-state index >= 15 is 0 Å². The van der Waals surface area contributed by atoms with E-state index in [1.54, 1.807) is 0 Å². The summed E-state index contributed by atoms with van der Waals surface area (Å²) in [6, 6.07) is 2.61. The molecule has 1 aromatic heterocycles. The van der Waals surface area contributed by atoms with Crippen LogP contribution in [0.1, 0.15) is 5.76 Å². The predicted octanol–water partition coefficient (Wildman–Crippen LogP) is -0.752. The first-order chi connectivity index (χ1) is 11.1. The van der Waals surface area contributed by atoms with Gasteiger partial charge >= 0.3 is 5.88 Å². The van der Waals surface area contributed by atoms with Crippen molar-refractivity contribution in [1.29, 1.82) is 0 Å². The van der Waals surface area contributed by atoms with E-state index in [4.69, 9.17) is 9.52 Å². The Hall–Kier alpha value is -2.30. The molecule has 1 aliphatic rings. The number of nitrogens with one attached hydrogen (secondary N) is 1. The van der Waals surface area contributed by atoms with Crippen molar-refractivity contribution in [1.82, 2.24) is 15.2 Å². The molecule has 0 aliphatic carbocycles. The highest BCUT2D eigenvalue weighted by atomic mass is 16.6. The Bertz CT molecular complexity index is 565. The van der Waals surface area contributed by atoms with Gasteiger partial charge in [-0.3, -0.25) is 24.7 Å². The summed E-state index contributed by atoms with van der Waals surface area (Å²) >= 11 is 0. The summed E-state index contributed by atoms with van der Waals surface area (Å²) in [4.78, 5) is 25.7. The molecule has 2 N–H and O–H groups in total. The minimum atomic E-state index is -0.646. The van der Waals surface area contributed by atoms with Crippen LogP contribution in [0.3, 0.4) is 0 Å². The number of piperazine rings is 1. The highest BCUT2D eigenvalue weighted by molar-refractivity contribution is 5.81. The lowest BCUT2D eigenvalue weighted by molar-refractivity contribution is -0.402. The summed E-state index contributed by atoms with van der Waals surface area (Å²) in [5.41, 5.74) is 2.36. The first-order valence-electron chi connectivity index (χ1n) is 7.20. The van der Waals surface area contributed by atoms with Crippen LogP contribution in [0.4, 0.5) is 5.88 Å². The van der Waals surface area contributed by atoms with Gasteiger partial charge in [-0.2, -0.15) is 5.10 Å². The second-order valence-electron chi connectivity index (χ2n) is 5.07. The number of rotatable bonds is 7. The molecule has 0 bridgehead atoms. The maximum absolute atomic E-state index is 11.8. The summed E-state index contributed by atoms with van der Waals surface area (Å²) in [7, 11) is 0. The number of aliphatic hydroxyl groups excluding tert-OH is 1. The molecule has 0 radical (unpaired) electrons. The zero-order valence-electron chi connectivity index (χ0n) is 12.6. The number of hydrogen-bond donors (Lipinski definition) is 2. The third-order valence-electron chi connectivity index (χ3n) is 3.42. The van der Waals surface area contributed by atoms with Crippen LogP contribution in [-0.4, -0.2) is 77.8 Å². The van der Waals surface area contributed by atoms with E-state index in [2.05, 4.69) is 15.4 Å². The molecule has 1 fully saturated rings. The van der Waals surface area contributed by atoms with Gasteiger partial charge in [-0.25, -0.2) is 5.43 Å². The van der Waals surface area contributed by atoms with Crippen LogP contribution in [0.2, 0.25) is 0 Å². The van der Waals surface area contributed by atoms with Crippen LogP contribution >= 0.6 is 0 Å². The van der Waals surface area contributed by atoms with Crippen LogP contribution in [-0.2, 0) is 4.79 Å². The molecule has 10 nitrogen and oxygen atoms in total. The van der Waals surface area contributed by atoms with Gasteiger partial charge in [-0.05, 0) is 6.07 Å². The van der Waals surface area contributed by atoms with Crippen molar-refractivity contribution in [3.05, 3.63) is 28.0 Å². The van der Waals surface area contributed by atoms with E-state index in [1.807, 2.05) is 4.90 Å². The molecule has 23 heavy (non-hydrogen) atoms. The minimum absolute atomic E-state index is 0.139. The van der Waals surface area contributed by atoms with E-state index in [0.717, 1.165) is 26.2 Å². The van der Waals surface area contributed by atoms with Crippen molar-refractivity contribution < 1.29 is 19.2 Å². The number of amides is 1. The Morgan fingerprint density at radius 1 is 1.39 bits per heavy atom. The molecule has 1 aliphatic heterocycles. The number of hydrogen-bond acceptors (Lipinski definition) is 8. The molecule has 1 saturated heterocycles. The van der Waals surface area contributed by atoms with E-state index < -0.39 is 4.92 Å². The highest BCUT2D eigenvalue weighted by Gasteiger charge is 2.18. The van der Waals surface area contributed by atoms with Crippen LogP contribution in [0, 0.1) is 10.1 Å². The predicted molar refractivity (Wildman–Crippen MR) is 81.1 cm³/mol. The van der Waals surface area contributed by atoms with Crippen molar-refractivity contribution in [2.75, 3.05) is 45.9 Å². The Balaban J connectivity index is 1.70. The molecule has 0 atom stereocenters. The van der Waals surface area contributed by atoms with Crippen LogP contribution < -0.4 is 5.43 Å². The van der Waals surface area contributed by atoms with Gasteiger partial charge in [0, 0.05) is 32.7 Å². The van der Waals surface area contributed by atoms with Gasteiger partial charge in [-0.1, -0.05) is 0 Å². The van der Waals surface area contributed by atoms with Crippen LogP contribution in [0.5, 0.6) is 0 Å². The van der Waals surface area contributed by atoms with E-state index in [9.17, 15) is 14.9 Å². The molecule has 10 heteroatoms. The topological polar surface area (TPSA) is 124 Å². The lowest BCUT2D eigenvalue weighted by Gasteiger charge is -2.33. The molecule has 1 amide bonds. The monoisotopic (exact) mass is 325 g/mol. The van der Waals surface area contributed by atoms with Crippen molar-refractivity contribution in [2.24, 2.45) is 5.10 Å². The fourth-order valence-electron chi connectivity index (χ4n) is 2.23. The zero-order chi connectivity index (χ0) is 16.7. The lowest BCUT2D eigenvalue weighted by Crippen LogP contribution is -2.49. The largest absolute Gasteiger partial charge is 0.433 e. The lowest BCUT2D eigenvalue weighted by atomic mass is 10.3. The third-order valence-corrected chi connectivity index (χ3v) is 3.42. The number of nitrogens with zero attached hydrogens (tertiary/aromatic N) is 4. The number of carbonyl (C=O) groups excluding carboxylic acids is 1. The summed E-state index contributed by atoms with van der Waals surface area (Å²) in [5.74, 6) is -0.453. The molecule has 126 valence electrons. The minimum Gasteiger partial charge on any atom is -0.400 e. The highest BCUT2D eigenvalue weighted by Crippen LogP contribution is 2.13. The number of nitro groups is 1. The molecule has 0 saturated carbocycles. The maximum atomic E-state index is 11.8. The fraction of sp³-hybridized carbons (Fsp3) is 0.538. The number of hydrazone groups is 1. The number of carbonyl (C=O) groups is 1. The van der Waals surface area contributed by atoms with Gasteiger partial charge in [0.25, 0.3) is 5.91 Å². The second-order valence-corrected chi connectivity index (χ2v) is 5.07. The summed E-state index contributed by atoms with van der Waals surface area (Å²) in [5, 5.41) is 23.0. The molecule has 0 unspecified atom stereocenters. The summed E-state index contributed by atoms with van der Waals surface area (Å²) in [6.07, 6.45) is 1.21. The number of β-amino-alcohol motifs (C(OH)–C–C–N with tert-alkyl or cyclic N) is 1. The van der Waals surface area contributed by atoms with Gasteiger partial charge < -0.3 is 9.52 Å². The van der Waals surface area contributed by atoms with Crippen LogP contribution in [0.15, 0.2) is 21.7 Å². The first kappa shape index (κ1) is 17.1. The average Bonchev–Trinajstić information content (AvgIpc) is 2.99. The Morgan fingerprint density at radius 3 is 2.70 bits per heavy atom. The normalized spacial score (nSPS) is 16.7. The Morgan fingerprint density at radius 2 is 2.09 bits per heavy atom. The van der Waals surface area contributed by atoms with Gasteiger partial charge in [0.2, 0.25) is 0 Å². The molecule has 1 aromatic rings. The van der Waals surface area contributed by atoms with Crippen molar-refractivity contribution in [2.45, 2.75) is 0 Å². The van der Waals surface area contributed by atoms with E-state index in [1.165, 1.54) is 18.3 Å². The van der Waals surface area contributed by atoms with Gasteiger partial charge in [-0.15, -0.1) is 0 Å². The zero-order valence-corrected chi connectivity index (χ0v) is 12.6. The second kappa shape index (κ2) is 8.36. The van der Waals surface area contributed by atoms with Gasteiger partial charge in [0.05, 0.1) is 25.4 Å². The molecule has 0 aromatic carbocycles. The van der Waals surface area contributed by atoms with Gasteiger partial charge in [0.1, 0.15) is 4.92 Å². The number of furan rings is 1. The summed E-state index contributed by atoms with van der Waals surface area (Å²) in [6.45, 7) is 4.14. The van der Waals surface area contributed by atoms with Crippen molar-refractivity contribution in [3.63, 3.8) is 0 Å². The molecule has 2 heterocycles. The summed E-state index contributed by atoms with van der Waals surface area (Å²) < 4.78 is 4.88. The van der Waals surface area contributed by atoms with E-state index in [0.29, 0.717) is 6.54 Å². The Kier molecular flexibility index (Phi) is 6.20. The fourth-order valence-corrected chi connectivity index (χ4v) is 2.23. The molecule has 0 spiro atoms. The quantitative estimate of drug-likeness (QED) is 0.384. The SMILES string of the molecule is O=C(CN1CCN(CCO)CC1)N/N=C/c1ccc([N+](=O)[O-])o1. The standard InChI is InChI=1S/C13H19N5O5/c19-8-7-16-3-5-17(6-4-16)10-12(20)15-14-9-11-1-2-13(23-11)18(21)22/h1-2,9,19H,3-8,10H2,(H,15,20)/b14-9+. The maximum Gasteiger partial charge on any atom is 0.433 e. The third kappa shape index (κ3) is 5.43. The van der Waals surface area contributed by atoms with Crippen molar-refractivity contribution in [3.8, 4) is 0 Å². The van der Waals surface area contributed by atoms with E-state index in [-0.39, 0.29) is 30.7 Å². The van der Waals surface area contributed by atoms with Gasteiger partial charge in [0.15, 0.2) is 5.76 Å². The molecular formula is C13H19N5O5. The van der Waals surface area contributed by atoms with Crippen molar-refractivity contribution >= 4 is 18.0 Å².